The van der Waals surface area contributed by atoms with Crippen LogP contribution in [0, 0.1) is 0 Å². The maximum absolute atomic E-state index is 11.5. The third kappa shape index (κ3) is 2.56. The molecule has 1 aliphatic heterocycles. The van der Waals surface area contributed by atoms with Gasteiger partial charge in [-0.25, -0.2) is 0 Å². The Bertz CT molecular complexity index is 613. The van der Waals surface area contributed by atoms with Crippen molar-refractivity contribution in [2.75, 3.05) is 0 Å². The van der Waals surface area contributed by atoms with Gasteiger partial charge in [0.05, 0.1) is 0 Å². The van der Waals surface area contributed by atoms with Crippen LogP contribution in [0.15, 0.2) is 48.8 Å². The first-order valence-electron chi connectivity index (χ1n) is 6.66. The minimum Gasteiger partial charge on any atom is -0.480 e. The number of carboxylic acids is 1. The Morgan fingerprint density at radius 1 is 1.25 bits per heavy atom. The number of carboxylic acid groups (broad SMARTS) is 1. The summed E-state index contributed by atoms with van der Waals surface area (Å²) < 4.78 is 0. The number of benzene rings is 1. The molecule has 1 aromatic heterocycles. The quantitative estimate of drug-likeness (QED) is 0.926. The normalized spacial score (nSPS) is 18.5. The second-order valence-corrected chi connectivity index (χ2v) is 5.09. The molecule has 0 saturated carbocycles. The minimum absolute atomic E-state index is 0.467. The fourth-order valence-corrected chi connectivity index (χ4v) is 2.71. The van der Waals surface area contributed by atoms with Gasteiger partial charge in [0.2, 0.25) is 0 Å². The molecule has 1 aromatic carbocycles. The molecular weight excluding hydrogens is 252 g/mol. The van der Waals surface area contributed by atoms with Gasteiger partial charge in [-0.2, -0.15) is 0 Å². The van der Waals surface area contributed by atoms with E-state index in [1.54, 1.807) is 12.4 Å². The summed E-state index contributed by atoms with van der Waals surface area (Å²) in [6.45, 7) is 1.28. The van der Waals surface area contributed by atoms with Gasteiger partial charge in [0, 0.05) is 25.5 Å². The van der Waals surface area contributed by atoms with Crippen molar-refractivity contribution >= 4 is 5.97 Å². The summed E-state index contributed by atoms with van der Waals surface area (Å²) in [6, 6.07) is 11.5. The van der Waals surface area contributed by atoms with Gasteiger partial charge in [-0.1, -0.05) is 30.3 Å². The van der Waals surface area contributed by atoms with E-state index in [9.17, 15) is 9.90 Å². The van der Waals surface area contributed by atoms with Gasteiger partial charge < -0.3 is 5.11 Å². The van der Waals surface area contributed by atoms with Crippen LogP contribution in [-0.4, -0.2) is 27.0 Å². The van der Waals surface area contributed by atoms with Gasteiger partial charge in [-0.05, 0) is 29.2 Å². The zero-order valence-electron chi connectivity index (χ0n) is 11.1. The van der Waals surface area contributed by atoms with E-state index in [4.69, 9.17) is 0 Å². The maximum Gasteiger partial charge on any atom is 0.321 e. The monoisotopic (exact) mass is 268 g/mol. The molecule has 1 atom stereocenters. The first kappa shape index (κ1) is 12.8. The van der Waals surface area contributed by atoms with Gasteiger partial charge in [-0.15, -0.1) is 0 Å². The average Bonchev–Trinajstić information content (AvgIpc) is 2.47. The Labute approximate surface area is 117 Å². The Kier molecular flexibility index (Phi) is 3.48. The molecule has 0 amide bonds. The van der Waals surface area contributed by atoms with Gasteiger partial charge in [-0.3, -0.25) is 14.7 Å². The number of hydrogen-bond acceptors (Lipinski definition) is 3. The average molecular weight is 268 g/mol. The van der Waals surface area contributed by atoms with Crippen LogP contribution < -0.4 is 0 Å². The lowest BCUT2D eigenvalue weighted by molar-refractivity contribution is -0.144. The first-order chi connectivity index (χ1) is 9.74. The molecule has 1 N–H and O–H groups in total. The summed E-state index contributed by atoms with van der Waals surface area (Å²) in [7, 11) is 0. The first-order valence-corrected chi connectivity index (χ1v) is 6.66. The van der Waals surface area contributed by atoms with E-state index < -0.39 is 12.0 Å². The Balaban J connectivity index is 1.87. The van der Waals surface area contributed by atoms with Crippen LogP contribution in [0.1, 0.15) is 16.7 Å². The van der Waals surface area contributed by atoms with E-state index in [1.165, 1.54) is 5.56 Å². The minimum atomic E-state index is -0.761. The molecular formula is C16H16N2O2. The molecule has 20 heavy (non-hydrogen) atoms. The molecule has 102 valence electrons. The van der Waals surface area contributed by atoms with E-state index in [0.717, 1.165) is 11.1 Å². The summed E-state index contributed by atoms with van der Waals surface area (Å²) in [5.74, 6) is -0.761. The highest BCUT2D eigenvalue weighted by Gasteiger charge is 2.31. The molecule has 0 saturated heterocycles. The molecule has 0 aliphatic carbocycles. The largest absolute Gasteiger partial charge is 0.480 e. The van der Waals surface area contributed by atoms with Crippen molar-refractivity contribution in [1.82, 2.24) is 9.88 Å². The number of carbonyl (C=O) groups is 1. The summed E-state index contributed by atoms with van der Waals surface area (Å²) in [6.07, 6.45) is 4.08. The van der Waals surface area contributed by atoms with E-state index in [-0.39, 0.29) is 0 Å². The number of fused-ring (bicyclic) bond motifs is 1. The highest BCUT2D eigenvalue weighted by Crippen LogP contribution is 2.24. The van der Waals surface area contributed by atoms with Crippen molar-refractivity contribution in [1.29, 1.82) is 0 Å². The van der Waals surface area contributed by atoms with Gasteiger partial charge in [0.1, 0.15) is 6.04 Å². The fourth-order valence-electron chi connectivity index (χ4n) is 2.71. The van der Waals surface area contributed by atoms with Crippen LogP contribution >= 0.6 is 0 Å². The van der Waals surface area contributed by atoms with Crippen molar-refractivity contribution in [3.8, 4) is 0 Å². The predicted octanol–water partition coefficient (Wildman–Crippen LogP) is 2.09. The second-order valence-electron chi connectivity index (χ2n) is 5.09. The number of aliphatic carboxylic acids is 1. The van der Waals surface area contributed by atoms with Crippen LogP contribution in [0.25, 0.3) is 0 Å². The molecule has 2 aromatic rings. The zero-order chi connectivity index (χ0) is 13.9. The van der Waals surface area contributed by atoms with Crippen molar-refractivity contribution < 1.29 is 9.90 Å². The van der Waals surface area contributed by atoms with Crippen molar-refractivity contribution in [2.45, 2.75) is 25.6 Å². The highest BCUT2D eigenvalue weighted by molar-refractivity contribution is 5.74. The van der Waals surface area contributed by atoms with E-state index in [2.05, 4.69) is 11.1 Å². The van der Waals surface area contributed by atoms with E-state index >= 15 is 0 Å². The van der Waals surface area contributed by atoms with Gasteiger partial charge in [0.15, 0.2) is 0 Å². The summed E-state index contributed by atoms with van der Waals surface area (Å²) >= 11 is 0. The Hall–Kier alpha value is -2.20. The maximum atomic E-state index is 11.5. The number of pyridine rings is 1. The number of hydrogen-bond donors (Lipinski definition) is 1. The molecule has 0 bridgehead atoms. The van der Waals surface area contributed by atoms with Gasteiger partial charge >= 0.3 is 5.97 Å². The van der Waals surface area contributed by atoms with Crippen molar-refractivity contribution in [3.05, 3.63) is 65.5 Å². The molecule has 2 heterocycles. The van der Waals surface area contributed by atoms with Crippen LogP contribution in [-0.2, 0) is 24.3 Å². The van der Waals surface area contributed by atoms with E-state index in [1.807, 2.05) is 35.2 Å². The van der Waals surface area contributed by atoms with Crippen molar-refractivity contribution in [2.24, 2.45) is 0 Å². The van der Waals surface area contributed by atoms with Crippen LogP contribution in [0.3, 0.4) is 0 Å². The topological polar surface area (TPSA) is 53.4 Å². The lowest BCUT2D eigenvalue weighted by Crippen LogP contribution is -2.45. The molecule has 0 radical (unpaired) electrons. The van der Waals surface area contributed by atoms with Gasteiger partial charge in [0.25, 0.3) is 0 Å². The predicted molar refractivity (Wildman–Crippen MR) is 75.1 cm³/mol. The molecule has 1 aliphatic rings. The standard InChI is InChI=1S/C16H16N2O2/c19-16(20)15-8-13-5-1-2-6-14(13)11-18(15)10-12-4-3-7-17-9-12/h1-7,9,15H,8,10-11H2,(H,19,20). The van der Waals surface area contributed by atoms with Crippen LogP contribution in [0.2, 0.25) is 0 Å². The fraction of sp³-hybridized carbons (Fsp3) is 0.250. The number of aromatic nitrogens is 1. The lowest BCUT2D eigenvalue weighted by Gasteiger charge is -2.34. The third-order valence-electron chi connectivity index (χ3n) is 3.74. The highest BCUT2D eigenvalue weighted by atomic mass is 16.4. The SMILES string of the molecule is O=C(O)C1Cc2ccccc2CN1Cc1cccnc1. The zero-order valence-corrected chi connectivity index (χ0v) is 11.1. The van der Waals surface area contributed by atoms with E-state index in [0.29, 0.717) is 19.5 Å². The third-order valence-corrected chi connectivity index (χ3v) is 3.74. The van der Waals surface area contributed by atoms with Crippen LogP contribution in [0.5, 0.6) is 0 Å². The van der Waals surface area contributed by atoms with Crippen molar-refractivity contribution in [3.63, 3.8) is 0 Å². The Morgan fingerprint density at radius 3 is 2.75 bits per heavy atom. The molecule has 4 nitrogen and oxygen atoms in total. The second kappa shape index (κ2) is 5.43. The summed E-state index contributed by atoms with van der Waals surface area (Å²) in [4.78, 5) is 17.6. The molecule has 3 rings (SSSR count). The number of rotatable bonds is 3. The molecule has 0 spiro atoms. The smallest absolute Gasteiger partial charge is 0.321 e. The lowest BCUT2D eigenvalue weighted by atomic mass is 9.93. The summed E-state index contributed by atoms with van der Waals surface area (Å²) in [5, 5.41) is 9.45. The molecule has 0 fully saturated rings. The Morgan fingerprint density at radius 2 is 2.05 bits per heavy atom. The summed E-state index contributed by atoms with van der Waals surface area (Å²) in [5.41, 5.74) is 3.40. The molecule has 4 heteroatoms. The van der Waals surface area contributed by atoms with Crippen LogP contribution in [0.4, 0.5) is 0 Å². The number of nitrogens with zero attached hydrogens (tertiary/aromatic N) is 2. The molecule has 1 unspecified atom stereocenters.